The first-order valence-electron chi connectivity index (χ1n) is 5.13. The molecule has 0 radical (unpaired) electrons. The fourth-order valence-corrected chi connectivity index (χ4v) is 1.30. The van der Waals surface area contributed by atoms with Gasteiger partial charge in [-0.2, -0.15) is 5.10 Å². The van der Waals surface area contributed by atoms with Gasteiger partial charge in [0.15, 0.2) is 0 Å². The first kappa shape index (κ1) is 11.0. The van der Waals surface area contributed by atoms with E-state index in [2.05, 4.69) is 31.3 Å². The molecule has 0 aliphatic carbocycles. The Labute approximate surface area is 85.9 Å². The van der Waals surface area contributed by atoms with Crippen molar-refractivity contribution in [3.63, 3.8) is 0 Å². The van der Waals surface area contributed by atoms with E-state index in [-0.39, 0.29) is 5.41 Å². The number of nitrogens with one attached hydrogen (secondary N) is 2. The molecule has 0 saturated carbocycles. The zero-order chi connectivity index (χ0) is 10.6. The van der Waals surface area contributed by atoms with Crippen molar-refractivity contribution >= 4 is 12.2 Å². The maximum absolute atomic E-state index is 7.69. The van der Waals surface area contributed by atoms with Gasteiger partial charge in [0.2, 0.25) is 5.96 Å². The summed E-state index contributed by atoms with van der Waals surface area (Å²) in [6, 6.07) is 0. The van der Waals surface area contributed by atoms with Crippen LogP contribution in [0.1, 0.15) is 33.6 Å². The lowest BCUT2D eigenvalue weighted by atomic mass is 9.99. The van der Waals surface area contributed by atoms with Gasteiger partial charge in [0.1, 0.15) is 0 Å². The summed E-state index contributed by atoms with van der Waals surface area (Å²) >= 11 is 0. The molecular weight excluding hydrogens is 176 g/mol. The second kappa shape index (κ2) is 4.44. The molecule has 0 aromatic heterocycles. The number of guanidine groups is 1. The number of hydrogen-bond acceptors (Lipinski definition) is 2. The lowest BCUT2D eigenvalue weighted by Crippen LogP contribution is -2.36. The van der Waals surface area contributed by atoms with Crippen LogP contribution in [0.5, 0.6) is 0 Å². The largest absolute Gasteiger partial charge is 0.342 e. The van der Waals surface area contributed by atoms with Crippen molar-refractivity contribution in [2.45, 2.75) is 33.6 Å². The highest BCUT2D eigenvalue weighted by molar-refractivity contribution is 5.78. The molecule has 0 aromatic rings. The summed E-state index contributed by atoms with van der Waals surface area (Å²) in [5.74, 6) is 0.419. The Morgan fingerprint density at radius 1 is 1.36 bits per heavy atom. The van der Waals surface area contributed by atoms with Crippen LogP contribution in [0.15, 0.2) is 5.10 Å². The Balaban J connectivity index is 2.30. The molecule has 4 nitrogen and oxygen atoms in total. The van der Waals surface area contributed by atoms with E-state index in [4.69, 9.17) is 5.41 Å². The molecule has 0 bridgehead atoms. The minimum atomic E-state index is 0.0677. The van der Waals surface area contributed by atoms with Crippen LogP contribution in [0.2, 0.25) is 0 Å². The van der Waals surface area contributed by atoms with Gasteiger partial charge >= 0.3 is 0 Å². The normalized spacial score (nSPS) is 17.8. The Bertz CT molecular complexity index is 221. The van der Waals surface area contributed by atoms with Crippen molar-refractivity contribution in [1.82, 2.24) is 10.3 Å². The van der Waals surface area contributed by atoms with E-state index in [1.165, 1.54) is 12.8 Å². The van der Waals surface area contributed by atoms with Crippen LogP contribution < -0.4 is 5.43 Å². The fraction of sp³-hybridized carbons (Fsp3) is 0.800. The number of hydrogen-bond donors (Lipinski definition) is 2. The van der Waals surface area contributed by atoms with Gasteiger partial charge in [0, 0.05) is 19.3 Å². The smallest absolute Gasteiger partial charge is 0.211 e. The predicted molar refractivity (Wildman–Crippen MR) is 59.6 cm³/mol. The van der Waals surface area contributed by atoms with Gasteiger partial charge in [-0.3, -0.25) is 5.41 Å². The van der Waals surface area contributed by atoms with E-state index < -0.39 is 0 Å². The Hall–Kier alpha value is -1.06. The average molecular weight is 196 g/mol. The summed E-state index contributed by atoms with van der Waals surface area (Å²) in [7, 11) is 0. The molecule has 1 rings (SSSR count). The molecule has 0 unspecified atom stereocenters. The number of rotatable bonds is 1. The van der Waals surface area contributed by atoms with Crippen LogP contribution >= 0.6 is 0 Å². The summed E-state index contributed by atoms with van der Waals surface area (Å²) in [5, 5.41) is 11.7. The summed E-state index contributed by atoms with van der Waals surface area (Å²) in [6.45, 7) is 8.21. The van der Waals surface area contributed by atoms with E-state index in [0.717, 1.165) is 13.1 Å². The van der Waals surface area contributed by atoms with Gasteiger partial charge in [-0.05, 0) is 18.3 Å². The summed E-state index contributed by atoms with van der Waals surface area (Å²) in [5.41, 5.74) is 2.83. The number of hydrazone groups is 1. The van der Waals surface area contributed by atoms with Crippen LogP contribution in [-0.4, -0.2) is 30.2 Å². The predicted octanol–water partition coefficient (Wildman–Crippen LogP) is 1.64. The second-order valence-corrected chi connectivity index (χ2v) is 4.78. The molecule has 1 saturated heterocycles. The van der Waals surface area contributed by atoms with Crippen molar-refractivity contribution < 1.29 is 0 Å². The molecule has 2 N–H and O–H groups in total. The minimum absolute atomic E-state index is 0.0677. The van der Waals surface area contributed by atoms with E-state index in [9.17, 15) is 0 Å². The molecule has 0 atom stereocenters. The molecule has 14 heavy (non-hydrogen) atoms. The van der Waals surface area contributed by atoms with Crippen molar-refractivity contribution in [3.05, 3.63) is 0 Å². The molecule has 80 valence electrons. The van der Waals surface area contributed by atoms with Crippen molar-refractivity contribution in [3.8, 4) is 0 Å². The molecule has 1 aliphatic rings. The number of nitrogens with zero attached hydrogens (tertiary/aromatic N) is 2. The summed E-state index contributed by atoms with van der Waals surface area (Å²) in [6.07, 6.45) is 4.21. The lowest BCUT2D eigenvalue weighted by Gasteiger charge is -2.17. The van der Waals surface area contributed by atoms with Gasteiger partial charge in [0.05, 0.1) is 0 Å². The maximum Gasteiger partial charge on any atom is 0.211 e. The first-order valence-corrected chi connectivity index (χ1v) is 5.13. The van der Waals surface area contributed by atoms with Crippen LogP contribution in [0.4, 0.5) is 0 Å². The molecule has 0 amide bonds. The minimum Gasteiger partial charge on any atom is -0.342 e. The SMILES string of the molecule is CC(C)(C)/C=N/NC(=N)N1CCCC1. The molecule has 0 spiro atoms. The molecule has 1 heterocycles. The molecule has 0 aromatic carbocycles. The quantitative estimate of drug-likeness (QED) is 0.380. The van der Waals surface area contributed by atoms with Crippen molar-refractivity contribution in [2.75, 3.05) is 13.1 Å². The van der Waals surface area contributed by atoms with Crippen LogP contribution in [-0.2, 0) is 0 Å². The summed E-state index contributed by atoms with van der Waals surface area (Å²) in [4.78, 5) is 2.01. The van der Waals surface area contributed by atoms with Crippen LogP contribution in [0, 0.1) is 10.8 Å². The second-order valence-electron chi connectivity index (χ2n) is 4.78. The van der Waals surface area contributed by atoms with Crippen molar-refractivity contribution in [1.29, 1.82) is 5.41 Å². The third-order valence-electron chi connectivity index (χ3n) is 2.04. The third-order valence-corrected chi connectivity index (χ3v) is 2.04. The monoisotopic (exact) mass is 196 g/mol. The van der Waals surface area contributed by atoms with E-state index in [1.807, 2.05) is 11.1 Å². The van der Waals surface area contributed by atoms with Gasteiger partial charge in [-0.25, -0.2) is 5.43 Å². The lowest BCUT2D eigenvalue weighted by molar-refractivity contribution is 0.492. The van der Waals surface area contributed by atoms with Crippen molar-refractivity contribution in [2.24, 2.45) is 10.5 Å². The van der Waals surface area contributed by atoms with E-state index >= 15 is 0 Å². The topological polar surface area (TPSA) is 51.5 Å². The van der Waals surface area contributed by atoms with Crippen LogP contribution in [0.25, 0.3) is 0 Å². The average Bonchev–Trinajstić information content (AvgIpc) is 2.53. The van der Waals surface area contributed by atoms with Gasteiger partial charge in [-0.1, -0.05) is 20.8 Å². The fourth-order valence-electron chi connectivity index (χ4n) is 1.30. The standard InChI is InChI=1S/C10H20N4/c1-10(2,3)8-12-13-9(11)14-6-4-5-7-14/h8H,4-7H2,1-3H3,(H2,11,13)/b12-8+. The molecule has 1 aliphatic heterocycles. The maximum atomic E-state index is 7.69. The molecule has 1 fully saturated rings. The zero-order valence-corrected chi connectivity index (χ0v) is 9.30. The molecular formula is C10H20N4. The first-order chi connectivity index (χ1) is 6.49. The van der Waals surface area contributed by atoms with Gasteiger partial charge in [0.25, 0.3) is 0 Å². The third kappa shape index (κ3) is 3.77. The Kier molecular flexibility index (Phi) is 3.49. The highest BCUT2D eigenvalue weighted by Gasteiger charge is 2.14. The van der Waals surface area contributed by atoms with E-state index in [0.29, 0.717) is 5.96 Å². The Morgan fingerprint density at radius 2 is 1.93 bits per heavy atom. The van der Waals surface area contributed by atoms with E-state index in [1.54, 1.807) is 0 Å². The summed E-state index contributed by atoms with van der Waals surface area (Å²) < 4.78 is 0. The molecule has 4 heteroatoms. The van der Waals surface area contributed by atoms with Gasteiger partial charge < -0.3 is 4.90 Å². The van der Waals surface area contributed by atoms with Gasteiger partial charge in [-0.15, -0.1) is 0 Å². The van der Waals surface area contributed by atoms with Crippen LogP contribution in [0.3, 0.4) is 0 Å². The highest BCUT2D eigenvalue weighted by Crippen LogP contribution is 2.08. The Morgan fingerprint density at radius 3 is 2.43 bits per heavy atom. The number of likely N-dealkylation sites (tertiary alicyclic amines) is 1. The highest BCUT2D eigenvalue weighted by atomic mass is 15.4. The zero-order valence-electron chi connectivity index (χ0n) is 9.30.